The first kappa shape index (κ1) is 15.4. The summed E-state index contributed by atoms with van der Waals surface area (Å²) in [6, 6.07) is 0. The fraction of sp³-hybridized carbons (Fsp3) is 1.00. The van der Waals surface area contributed by atoms with Gasteiger partial charge in [0, 0.05) is 0 Å². The summed E-state index contributed by atoms with van der Waals surface area (Å²) in [5, 5.41) is 0. The highest BCUT2D eigenvalue weighted by Crippen LogP contribution is 2.28. The fourth-order valence-electron chi connectivity index (χ4n) is 0.260. The first-order chi connectivity index (χ1) is 6.71. The van der Waals surface area contributed by atoms with Crippen molar-refractivity contribution >= 4 is 20.0 Å². The van der Waals surface area contributed by atoms with Crippen molar-refractivity contribution in [3.8, 4) is 0 Å². The molecule has 0 atom stereocenters. The summed E-state index contributed by atoms with van der Waals surface area (Å²) in [5.74, 6) is -2.65. The lowest BCUT2D eigenvalue weighted by atomic mass is 11.5. The summed E-state index contributed by atoms with van der Waals surface area (Å²) in [6.45, 7) is 0. The molecule has 0 rings (SSSR count). The van der Waals surface area contributed by atoms with Crippen LogP contribution in [0.3, 0.4) is 0 Å². The lowest BCUT2D eigenvalue weighted by Crippen LogP contribution is -2.32. The number of hydrogen-bond acceptors (Lipinski definition) is 5. The van der Waals surface area contributed by atoms with E-state index in [1.807, 2.05) is 0 Å². The molecule has 0 heterocycles. The summed E-state index contributed by atoms with van der Waals surface area (Å²) in [7, 11) is -12.5. The molecular formula is C3H2F6O5S2. The van der Waals surface area contributed by atoms with Gasteiger partial charge in [0.2, 0.25) is 0 Å². The Kier molecular flexibility index (Phi) is 3.89. The standard InChI is InChI=1S/C3H2F6O5S2/c4-2(5,6)15(10,11)1-14-16(12,13)3(7,8)9/h1H2. The predicted molar refractivity (Wildman–Crippen MR) is 35.9 cm³/mol. The van der Waals surface area contributed by atoms with Gasteiger partial charge in [0.1, 0.15) is 0 Å². The molecule has 0 N–H and O–H groups in total. The average molecular weight is 296 g/mol. The summed E-state index contributed by atoms with van der Waals surface area (Å²) < 4.78 is 112. The summed E-state index contributed by atoms with van der Waals surface area (Å²) in [5.41, 5.74) is -11.9. The van der Waals surface area contributed by atoms with Gasteiger partial charge in [-0.2, -0.15) is 34.8 Å². The molecule has 0 aromatic rings. The first-order valence-electron chi connectivity index (χ1n) is 2.95. The molecule has 0 radical (unpaired) electrons. The normalized spacial score (nSPS) is 15.1. The quantitative estimate of drug-likeness (QED) is 0.436. The molecule has 0 amide bonds. The molecule has 0 aliphatic carbocycles. The molecule has 16 heavy (non-hydrogen) atoms. The number of halogens is 6. The summed E-state index contributed by atoms with van der Waals surface area (Å²) >= 11 is 0. The highest BCUT2D eigenvalue weighted by atomic mass is 32.2. The van der Waals surface area contributed by atoms with Gasteiger partial charge in [-0.15, -0.1) is 0 Å². The Labute approximate surface area is 85.0 Å². The molecule has 13 heteroatoms. The van der Waals surface area contributed by atoms with Crippen LogP contribution >= 0.6 is 0 Å². The van der Waals surface area contributed by atoms with Crippen molar-refractivity contribution in [1.82, 2.24) is 0 Å². The zero-order valence-electron chi connectivity index (χ0n) is 6.83. The van der Waals surface area contributed by atoms with Crippen molar-refractivity contribution in [2.45, 2.75) is 11.0 Å². The Morgan fingerprint density at radius 2 is 1.19 bits per heavy atom. The molecule has 0 fully saturated rings. The average Bonchev–Trinajstić information content (AvgIpc) is 1.97. The van der Waals surface area contributed by atoms with Crippen LogP contribution in [-0.4, -0.2) is 33.8 Å². The van der Waals surface area contributed by atoms with Crippen molar-refractivity contribution in [3.63, 3.8) is 0 Å². The monoisotopic (exact) mass is 296 g/mol. The molecule has 0 aromatic heterocycles. The summed E-state index contributed by atoms with van der Waals surface area (Å²) in [6.07, 6.45) is 0. The van der Waals surface area contributed by atoms with Crippen LogP contribution in [0.25, 0.3) is 0 Å². The SMILES string of the molecule is O=S(=O)(COS(=O)(=O)C(F)(F)F)C(F)(F)F. The van der Waals surface area contributed by atoms with Gasteiger partial charge in [0.15, 0.2) is 5.94 Å². The second kappa shape index (κ2) is 4.03. The molecule has 5 nitrogen and oxygen atoms in total. The van der Waals surface area contributed by atoms with E-state index < -0.39 is 36.9 Å². The molecule has 0 aromatic carbocycles. The second-order valence-corrected chi connectivity index (χ2v) is 5.73. The minimum atomic E-state index is -6.37. The van der Waals surface area contributed by atoms with Crippen LogP contribution in [0, 0.1) is 0 Å². The number of sulfone groups is 1. The minimum Gasteiger partial charge on any atom is -0.246 e. The van der Waals surface area contributed by atoms with Crippen LogP contribution in [0.1, 0.15) is 0 Å². The lowest BCUT2D eigenvalue weighted by Gasteiger charge is -2.10. The van der Waals surface area contributed by atoms with Crippen LogP contribution in [0.5, 0.6) is 0 Å². The van der Waals surface area contributed by atoms with Gasteiger partial charge in [-0.05, 0) is 0 Å². The van der Waals surface area contributed by atoms with E-state index in [4.69, 9.17) is 0 Å². The molecular weight excluding hydrogens is 294 g/mol. The second-order valence-electron chi connectivity index (χ2n) is 2.20. The molecule has 0 bridgehead atoms. The molecule has 0 saturated heterocycles. The van der Waals surface area contributed by atoms with E-state index in [-0.39, 0.29) is 0 Å². The molecule has 0 aliphatic rings. The van der Waals surface area contributed by atoms with Crippen LogP contribution in [0.2, 0.25) is 0 Å². The van der Waals surface area contributed by atoms with Crippen LogP contribution in [0.15, 0.2) is 0 Å². The van der Waals surface area contributed by atoms with E-state index in [1.54, 1.807) is 0 Å². The zero-order valence-corrected chi connectivity index (χ0v) is 8.47. The number of rotatable bonds is 3. The third-order valence-electron chi connectivity index (χ3n) is 0.995. The van der Waals surface area contributed by atoms with E-state index in [0.717, 1.165) is 0 Å². The van der Waals surface area contributed by atoms with Gasteiger partial charge in [-0.1, -0.05) is 0 Å². The Morgan fingerprint density at radius 3 is 1.44 bits per heavy atom. The van der Waals surface area contributed by atoms with Gasteiger partial charge < -0.3 is 0 Å². The number of alkyl halides is 6. The predicted octanol–water partition coefficient (Wildman–Crippen LogP) is 0.745. The molecule has 0 spiro atoms. The molecule has 0 saturated carbocycles. The van der Waals surface area contributed by atoms with Crippen molar-refractivity contribution in [2.24, 2.45) is 0 Å². The smallest absolute Gasteiger partial charge is 0.246 e. The largest absolute Gasteiger partial charge is 0.523 e. The van der Waals surface area contributed by atoms with Crippen LogP contribution in [-0.2, 0) is 24.1 Å². The topological polar surface area (TPSA) is 77.5 Å². The third kappa shape index (κ3) is 3.48. The van der Waals surface area contributed by atoms with Crippen molar-refractivity contribution < 1.29 is 47.4 Å². The van der Waals surface area contributed by atoms with E-state index in [1.165, 1.54) is 0 Å². The third-order valence-corrected chi connectivity index (χ3v) is 3.27. The van der Waals surface area contributed by atoms with E-state index >= 15 is 0 Å². The van der Waals surface area contributed by atoms with E-state index in [2.05, 4.69) is 4.18 Å². The van der Waals surface area contributed by atoms with Gasteiger partial charge in [-0.3, -0.25) is 0 Å². The van der Waals surface area contributed by atoms with Gasteiger partial charge in [-0.25, -0.2) is 12.6 Å². The molecule has 0 aliphatic heterocycles. The minimum absolute atomic E-state index is 2.65. The van der Waals surface area contributed by atoms with E-state index in [9.17, 15) is 43.2 Å². The Bertz CT molecular complexity index is 396. The Morgan fingerprint density at radius 1 is 0.812 bits per heavy atom. The number of hydrogen-bond donors (Lipinski definition) is 0. The molecule has 98 valence electrons. The van der Waals surface area contributed by atoms with E-state index in [0.29, 0.717) is 0 Å². The maximum Gasteiger partial charge on any atom is 0.523 e. The van der Waals surface area contributed by atoms with Gasteiger partial charge >= 0.3 is 21.1 Å². The van der Waals surface area contributed by atoms with Gasteiger partial charge in [0.05, 0.1) is 0 Å². The van der Waals surface area contributed by atoms with Crippen LogP contribution in [0.4, 0.5) is 26.3 Å². The van der Waals surface area contributed by atoms with Crippen molar-refractivity contribution in [3.05, 3.63) is 0 Å². The van der Waals surface area contributed by atoms with Crippen molar-refractivity contribution in [2.75, 3.05) is 5.94 Å². The summed E-state index contributed by atoms with van der Waals surface area (Å²) in [4.78, 5) is 0. The van der Waals surface area contributed by atoms with Gasteiger partial charge in [0.25, 0.3) is 9.84 Å². The Hall–Kier alpha value is -0.560. The lowest BCUT2D eigenvalue weighted by molar-refractivity contribution is -0.0556. The maximum atomic E-state index is 11.6. The zero-order chi connectivity index (χ0) is 13.4. The van der Waals surface area contributed by atoms with Crippen LogP contribution < -0.4 is 0 Å². The Balaban J connectivity index is 4.88. The first-order valence-corrected chi connectivity index (χ1v) is 6.01. The molecule has 0 unspecified atom stereocenters. The van der Waals surface area contributed by atoms with Crippen molar-refractivity contribution in [1.29, 1.82) is 0 Å². The fourth-order valence-corrected chi connectivity index (χ4v) is 1.54. The highest BCUT2D eigenvalue weighted by Gasteiger charge is 2.51. The highest BCUT2D eigenvalue weighted by molar-refractivity contribution is 7.93. The maximum absolute atomic E-state index is 11.6.